The first-order valence-corrected chi connectivity index (χ1v) is 6.90. The van der Waals surface area contributed by atoms with Crippen LogP contribution < -0.4 is 0 Å². The van der Waals surface area contributed by atoms with Gasteiger partial charge in [0.1, 0.15) is 0 Å². The van der Waals surface area contributed by atoms with Crippen molar-refractivity contribution in [3.63, 3.8) is 0 Å². The standard InChI is InChI=1S/C14H30N2O2/c1-6-16(12-8-10-15(4)5)11-7-9-14(2,3)13(17)18/h6-12H2,1-5H3,(H,17,18). The summed E-state index contributed by atoms with van der Waals surface area (Å²) >= 11 is 0. The molecule has 0 bridgehead atoms. The third-order valence-electron chi connectivity index (χ3n) is 3.38. The van der Waals surface area contributed by atoms with E-state index in [1.54, 1.807) is 13.8 Å². The van der Waals surface area contributed by atoms with Gasteiger partial charge in [0.2, 0.25) is 0 Å². The van der Waals surface area contributed by atoms with Crippen LogP contribution in [0, 0.1) is 5.41 Å². The zero-order chi connectivity index (χ0) is 14.2. The minimum Gasteiger partial charge on any atom is -0.481 e. The predicted molar refractivity (Wildman–Crippen MR) is 75.9 cm³/mol. The molecule has 4 nitrogen and oxygen atoms in total. The molecule has 0 aromatic rings. The van der Waals surface area contributed by atoms with Gasteiger partial charge in [0.05, 0.1) is 5.41 Å². The molecule has 0 aliphatic rings. The van der Waals surface area contributed by atoms with Gasteiger partial charge >= 0.3 is 5.97 Å². The van der Waals surface area contributed by atoms with Crippen LogP contribution in [0.15, 0.2) is 0 Å². The van der Waals surface area contributed by atoms with E-state index in [0.717, 1.165) is 39.0 Å². The van der Waals surface area contributed by atoms with Gasteiger partial charge in [0.25, 0.3) is 0 Å². The Balaban J connectivity index is 3.83. The second-order valence-corrected chi connectivity index (χ2v) is 5.88. The van der Waals surface area contributed by atoms with E-state index in [1.165, 1.54) is 6.42 Å². The highest BCUT2D eigenvalue weighted by Gasteiger charge is 2.26. The smallest absolute Gasteiger partial charge is 0.309 e. The molecular weight excluding hydrogens is 228 g/mol. The molecule has 18 heavy (non-hydrogen) atoms. The normalized spacial score (nSPS) is 12.4. The van der Waals surface area contributed by atoms with Crippen LogP contribution in [0.4, 0.5) is 0 Å². The van der Waals surface area contributed by atoms with Gasteiger partial charge in [-0.15, -0.1) is 0 Å². The molecule has 0 fully saturated rings. The van der Waals surface area contributed by atoms with Gasteiger partial charge in [0.15, 0.2) is 0 Å². The van der Waals surface area contributed by atoms with E-state index in [1.807, 2.05) is 0 Å². The Kier molecular flexibility index (Phi) is 8.20. The molecule has 0 aliphatic carbocycles. The fourth-order valence-electron chi connectivity index (χ4n) is 1.89. The SMILES string of the molecule is CCN(CCCN(C)C)CCCC(C)(C)C(=O)O. The largest absolute Gasteiger partial charge is 0.481 e. The summed E-state index contributed by atoms with van der Waals surface area (Å²) in [6, 6.07) is 0. The third kappa shape index (κ3) is 7.67. The van der Waals surface area contributed by atoms with Gasteiger partial charge in [-0.25, -0.2) is 0 Å². The molecule has 0 rings (SSSR count). The van der Waals surface area contributed by atoms with Crippen LogP contribution in [-0.2, 0) is 4.79 Å². The van der Waals surface area contributed by atoms with E-state index in [9.17, 15) is 4.79 Å². The summed E-state index contributed by atoms with van der Waals surface area (Å²) < 4.78 is 0. The van der Waals surface area contributed by atoms with Crippen LogP contribution in [0.1, 0.15) is 40.0 Å². The van der Waals surface area contributed by atoms with E-state index >= 15 is 0 Å². The Bertz CT molecular complexity index is 240. The lowest BCUT2D eigenvalue weighted by molar-refractivity contribution is -0.147. The van der Waals surface area contributed by atoms with Crippen molar-refractivity contribution >= 4 is 5.97 Å². The number of hydrogen-bond acceptors (Lipinski definition) is 3. The van der Waals surface area contributed by atoms with E-state index in [4.69, 9.17) is 5.11 Å². The first-order chi connectivity index (χ1) is 8.29. The summed E-state index contributed by atoms with van der Waals surface area (Å²) in [4.78, 5) is 15.6. The highest BCUT2D eigenvalue weighted by molar-refractivity contribution is 5.73. The summed E-state index contributed by atoms with van der Waals surface area (Å²) in [6.07, 6.45) is 2.87. The molecular formula is C14H30N2O2. The number of carbonyl (C=O) groups is 1. The maximum absolute atomic E-state index is 11.0. The van der Waals surface area contributed by atoms with Crippen LogP contribution in [0.2, 0.25) is 0 Å². The molecule has 0 spiro atoms. The van der Waals surface area contributed by atoms with Gasteiger partial charge in [-0.3, -0.25) is 4.79 Å². The number of rotatable bonds is 10. The molecule has 4 heteroatoms. The average molecular weight is 258 g/mol. The Labute approximate surface area is 112 Å². The summed E-state index contributed by atoms with van der Waals surface area (Å²) in [7, 11) is 4.18. The van der Waals surface area contributed by atoms with Crippen LogP contribution in [0.3, 0.4) is 0 Å². The lowest BCUT2D eigenvalue weighted by atomic mass is 9.88. The summed E-state index contributed by atoms with van der Waals surface area (Å²) in [6.45, 7) is 10.0. The van der Waals surface area contributed by atoms with Crippen LogP contribution in [0.5, 0.6) is 0 Å². The molecule has 108 valence electrons. The Hall–Kier alpha value is -0.610. The Morgan fingerprint density at radius 1 is 1.11 bits per heavy atom. The molecule has 0 saturated heterocycles. The fourth-order valence-corrected chi connectivity index (χ4v) is 1.89. The molecule has 0 aromatic carbocycles. The predicted octanol–water partition coefficient (Wildman–Crippen LogP) is 2.15. The molecule has 0 saturated carbocycles. The quantitative estimate of drug-likeness (QED) is 0.652. The van der Waals surface area contributed by atoms with E-state index < -0.39 is 11.4 Å². The number of hydrogen-bond donors (Lipinski definition) is 1. The summed E-state index contributed by atoms with van der Waals surface area (Å²) in [5.74, 6) is -0.696. The van der Waals surface area contributed by atoms with Crippen LogP contribution >= 0.6 is 0 Å². The van der Waals surface area contributed by atoms with E-state index in [0.29, 0.717) is 0 Å². The highest BCUT2D eigenvalue weighted by atomic mass is 16.4. The lowest BCUT2D eigenvalue weighted by Gasteiger charge is -2.24. The minimum absolute atomic E-state index is 0.594. The van der Waals surface area contributed by atoms with Gasteiger partial charge in [0, 0.05) is 0 Å². The maximum Gasteiger partial charge on any atom is 0.309 e. The van der Waals surface area contributed by atoms with Gasteiger partial charge in [-0.05, 0) is 73.4 Å². The van der Waals surface area contributed by atoms with Gasteiger partial charge < -0.3 is 14.9 Å². The van der Waals surface area contributed by atoms with E-state index in [2.05, 4.69) is 30.8 Å². The van der Waals surface area contributed by atoms with Crippen molar-refractivity contribution in [1.82, 2.24) is 9.80 Å². The highest BCUT2D eigenvalue weighted by Crippen LogP contribution is 2.22. The van der Waals surface area contributed by atoms with Crippen molar-refractivity contribution in [2.24, 2.45) is 5.41 Å². The molecule has 0 aromatic heterocycles. The topological polar surface area (TPSA) is 43.8 Å². The van der Waals surface area contributed by atoms with Gasteiger partial charge in [-0.1, -0.05) is 6.92 Å². The molecule has 1 N–H and O–H groups in total. The van der Waals surface area contributed by atoms with Crippen LogP contribution in [-0.4, -0.2) is 61.2 Å². The van der Waals surface area contributed by atoms with Crippen molar-refractivity contribution in [3.8, 4) is 0 Å². The molecule has 0 heterocycles. The van der Waals surface area contributed by atoms with Crippen LogP contribution in [0.25, 0.3) is 0 Å². The second-order valence-electron chi connectivity index (χ2n) is 5.88. The zero-order valence-electron chi connectivity index (χ0n) is 12.7. The fraction of sp³-hybridized carbons (Fsp3) is 0.929. The summed E-state index contributed by atoms with van der Waals surface area (Å²) in [5, 5.41) is 9.05. The van der Waals surface area contributed by atoms with Gasteiger partial charge in [-0.2, -0.15) is 0 Å². The lowest BCUT2D eigenvalue weighted by Crippen LogP contribution is -2.30. The first-order valence-electron chi connectivity index (χ1n) is 6.90. The molecule has 0 radical (unpaired) electrons. The number of carboxylic acid groups (broad SMARTS) is 1. The number of carboxylic acids is 1. The van der Waals surface area contributed by atoms with Crippen molar-refractivity contribution in [1.29, 1.82) is 0 Å². The maximum atomic E-state index is 11.0. The molecule has 0 unspecified atom stereocenters. The number of nitrogens with zero attached hydrogens (tertiary/aromatic N) is 2. The van der Waals surface area contributed by atoms with E-state index in [-0.39, 0.29) is 0 Å². The average Bonchev–Trinajstić information content (AvgIpc) is 2.26. The van der Waals surface area contributed by atoms with Crippen molar-refractivity contribution in [3.05, 3.63) is 0 Å². The van der Waals surface area contributed by atoms with Crippen molar-refractivity contribution in [2.45, 2.75) is 40.0 Å². The summed E-state index contributed by atoms with van der Waals surface area (Å²) in [5.41, 5.74) is -0.594. The molecule has 0 atom stereocenters. The van der Waals surface area contributed by atoms with Crippen molar-refractivity contribution in [2.75, 3.05) is 40.3 Å². The second kappa shape index (κ2) is 8.48. The Morgan fingerprint density at radius 3 is 2.11 bits per heavy atom. The first kappa shape index (κ1) is 17.4. The third-order valence-corrected chi connectivity index (χ3v) is 3.38. The molecule has 0 aliphatic heterocycles. The zero-order valence-corrected chi connectivity index (χ0v) is 12.7. The minimum atomic E-state index is -0.696. The van der Waals surface area contributed by atoms with Crippen molar-refractivity contribution < 1.29 is 9.90 Å². The Morgan fingerprint density at radius 2 is 1.67 bits per heavy atom. The monoisotopic (exact) mass is 258 g/mol. The molecule has 0 amide bonds. The number of aliphatic carboxylic acids is 1.